The molecule has 34 heavy (non-hydrogen) atoms. The summed E-state index contributed by atoms with van der Waals surface area (Å²) < 4.78 is 28.8. The van der Waals surface area contributed by atoms with Gasteiger partial charge in [0, 0.05) is 10.6 Å². The minimum absolute atomic E-state index is 0.0593. The average molecular weight is 486 g/mol. The van der Waals surface area contributed by atoms with E-state index in [-0.39, 0.29) is 4.90 Å². The van der Waals surface area contributed by atoms with Crippen LogP contribution in [-0.4, -0.2) is 18.6 Å². The molecule has 4 aromatic rings. The molecule has 1 atom stereocenters. The third-order valence-electron chi connectivity index (χ3n) is 5.82. The molecule has 0 saturated heterocycles. The van der Waals surface area contributed by atoms with Gasteiger partial charge in [-0.15, -0.1) is 0 Å². The minimum atomic E-state index is -4.17. The Morgan fingerprint density at radius 2 is 1.15 bits per heavy atom. The molecular weight excluding hydrogens is 466 g/mol. The third kappa shape index (κ3) is 3.83. The van der Waals surface area contributed by atoms with Crippen LogP contribution >= 0.6 is 11.6 Å². The Bertz CT molecular complexity index is 1470. The number of carbonyl (C=O) groups excluding carboxylic acids is 1. The first kappa shape index (κ1) is 22.1. The lowest BCUT2D eigenvalue weighted by atomic mass is 9.90. The summed E-state index contributed by atoms with van der Waals surface area (Å²) in [6, 6.07) is 32.8. The van der Waals surface area contributed by atoms with Gasteiger partial charge in [0.1, 0.15) is 0 Å². The van der Waals surface area contributed by atoms with Crippen LogP contribution in [0.25, 0.3) is 11.1 Å². The molecular formula is C28H20ClNO3S. The Morgan fingerprint density at radius 3 is 1.71 bits per heavy atom. The van der Waals surface area contributed by atoms with Crippen molar-refractivity contribution in [2.45, 2.75) is 10.9 Å². The summed E-state index contributed by atoms with van der Waals surface area (Å²) >= 11 is 6.14. The van der Waals surface area contributed by atoms with Gasteiger partial charge in [0.2, 0.25) is 0 Å². The maximum Gasteiger partial charge on any atom is 0.269 e. The summed E-state index contributed by atoms with van der Waals surface area (Å²) in [5.74, 6) is -0.561. The molecule has 1 amide bonds. The standard InChI is InChI=1S/C28H20ClNO3S/c29-23-18-16-22(17-19-23)27-25(20-10-4-1-5-11-20)26(21-12-6-2-7-13-21)28(31)30(27)34(32,33)24-14-8-3-9-15-24/h1-19,27H. The lowest BCUT2D eigenvalue weighted by Gasteiger charge is -2.27. The highest BCUT2D eigenvalue weighted by molar-refractivity contribution is 7.89. The highest BCUT2D eigenvalue weighted by Gasteiger charge is 2.47. The maximum atomic E-state index is 14.0. The van der Waals surface area contributed by atoms with Crippen molar-refractivity contribution in [1.82, 2.24) is 4.31 Å². The van der Waals surface area contributed by atoms with Crippen molar-refractivity contribution in [3.63, 3.8) is 0 Å². The summed E-state index contributed by atoms with van der Waals surface area (Å²) in [6.07, 6.45) is 0. The second kappa shape index (κ2) is 8.93. The predicted molar refractivity (Wildman–Crippen MR) is 134 cm³/mol. The van der Waals surface area contributed by atoms with Crippen LogP contribution < -0.4 is 0 Å². The number of benzene rings is 4. The molecule has 1 unspecified atom stereocenters. The summed E-state index contributed by atoms with van der Waals surface area (Å²) in [5.41, 5.74) is 3.10. The van der Waals surface area contributed by atoms with Gasteiger partial charge < -0.3 is 0 Å². The van der Waals surface area contributed by atoms with E-state index >= 15 is 0 Å². The Labute approximate surface area is 203 Å². The molecule has 168 valence electrons. The van der Waals surface area contributed by atoms with Gasteiger partial charge >= 0.3 is 0 Å². The number of hydrogen-bond acceptors (Lipinski definition) is 3. The number of nitrogens with zero attached hydrogens (tertiary/aromatic N) is 1. The maximum absolute atomic E-state index is 14.0. The molecule has 0 spiro atoms. The fraction of sp³-hybridized carbons (Fsp3) is 0.0357. The molecule has 1 aliphatic rings. The van der Waals surface area contributed by atoms with Crippen molar-refractivity contribution in [1.29, 1.82) is 0 Å². The fourth-order valence-electron chi connectivity index (χ4n) is 4.30. The zero-order chi connectivity index (χ0) is 23.7. The van der Waals surface area contributed by atoms with Gasteiger partial charge in [0.05, 0.1) is 16.5 Å². The van der Waals surface area contributed by atoms with E-state index < -0.39 is 22.0 Å². The van der Waals surface area contributed by atoms with Crippen molar-refractivity contribution in [3.05, 3.63) is 137 Å². The number of sulfonamides is 1. The lowest BCUT2D eigenvalue weighted by Crippen LogP contribution is -2.36. The summed E-state index contributed by atoms with van der Waals surface area (Å²) in [7, 11) is -4.17. The van der Waals surface area contributed by atoms with Gasteiger partial charge in [-0.3, -0.25) is 4.79 Å². The SMILES string of the molecule is O=C1C(c2ccccc2)=C(c2ccccc2)C(c2ccc(Cl)cc2)N1S(=O)(=O)c1ccccc1. The smallest absolute Gasteiger partial charge is 0.268 e. The molecule has 4 aromatic carbocycles. The molecule has 0 fully saturated rings. The first-order valence-electron chi connectivity index (χ1n) is 10.7. The first-order valence-corrected chi connectivity index (χ1v) is 12.5. The normalized spacial score (nSPS) is 16.2. The summed E-state index contributed by atoms with van der Waals surface area (Å²) in [5, 5.41) is 0.527. The number of rotatable bonds is 5. The van der Waals surface area contributed by atoms with E-state index in [0.717, 1.165) is 9.87 Å². The quantitative estimate of drug-likeness (QED) is 0.337. The van der Waals surface area contributed by atoms with Crippen LogP contribution in [0.3, 0.4) is 0 Å². The first-order chi connectivity index (χ1) is 16.5. The summed E-state index contributed by atoms with van der Waals surface area (Å²) in [4.78, 5) is 14.1. The number of amides is 1. The molecule has 0 saturated carbocycles. The monoisotopic (exact) mass is 485 g/mol. The van der Waals surface area contributed by atoms with Crippen LogP contribution in [0.5, 0.6) is 0 Å². The highest BCUT2D eigenvalue weighted by atomic mass is 35.5. The number of halogens is 1. The molecule has 4 nitrogen and oxygen atoms in total. The molecule has 5 rings (SSSR count). The topological polar surface area (TPSA) is 54.5 Å². The third-order valence-corrected chi connectivity index (χ3v) is 7.84. The van der Waals surface area contributed by atoms with Gasteiger partial charge in [-0.25, -0.2) is 12.7 Å². The molecule has 0 aromatic heterocycles. The Morgan fingerprint density at radius 1 is 0.647 bits per heavy atom. The Hall–Kier alpha value is -3.67. The van der Waals surface area contributed by atoms with E-state index in [1.807, 2.05) is 60.7 Å². The van der Waals surface area contributed by atoms with E-state index in [4.69, 9.17) is 11.6 Å². The van der Waals surface area contributed by atoms with Crippen molar-refractivity contribution in [3.8, 4) is 0 Å². The highest BCUT2D eigenvalue weighted by Crippen LogP contribution is 2.49. The molecule has 1 heterocycles. The van der Waals surface area contributed by atoms with Gasteiger partial charge in [-0.05, 0) is 41.0 Å². The van der Waals surface area contributed by atoms with E-state index in [1.54, 1.807) is 42.5 Å². The molecule has 0 N–H and O–H groups in total. The van der Waals surface area contributed by atoms with Crippen LogP contribution in [0.4, 0.5) is 0 Å². The fourth-order valence-corrected chi connectivity index (χ4v) is 5.97. The van der Waals surface area contributed by atoms with Crippen LogP contribution in [-0.2, 0) is 14.8 Å². The van der Waals surface area contributed by atoms with Crippen LogP contribution in [0.2, 0.25) is 5.02 Å². The average Bonchev–Trinajstić information content (AvgIpc) is 3.19. The van der Waals surface area contributed by atoms with Crippen molar-refractivity contribution in [2.24, 2.45) is 0 Å². The van der Waals surface area contributed by atoms with E-state index in [2.05, 4.69) is 0 Å². The largest absolute Gasteiger partial charge is 0.269 e. The Kier molecular flexibility index (Phi) is 5.82. The van der Waals surface area contributed by atoms with Gasteiger partial charge in [-0.1, -0.05) is 103 Å². The van der Waals surface area contributed by atoms with E-state index in [9.17, 15) is 13.2 Å². The zero-order valence-corrected chi connectivity index (χ0v) is 19.6. The molecule has 0 aliphatic carbocycles. The van der Waals surface area contributed by atoms with Gasteiger partial charge in [0.25, 0.3) is 15.9 Å². The lowest BCUT2D eigenvalue weighted by molar-refractivity contribution is -0.120. The van der Waals surface area contributed by atoms with Gasteiger partial charge in [0.15, 0.2) is 0 Å². The van der Waals surface area contributed by atoms with Crippen molar-refractivity contribution < 1.29 is 13.2 Å². The van der Waals surface area contributed by atoms with Crippen LogP contribution in [0.15, 0.2) is 120 Å². The number of carbonyl (C=O) groups is 1. The van der Waals surface area contributed by atoms with Crippen molar-refractivity contribution in [2.75, 3.05) is 0 Å². The van der Waals surface area contributed by atoms with Crippen molar-refractivity contribution >= 4 is 38.7 Å². The molecule has 0 bridgehead atoms. The second-order valence-electron chi connectivity index (χ2n) is 7.89. The molecule has 0 radical (unpaired) electrons. The predicted octanol–water partition coefficient (Wildman–Crippen LogP) is 6.22. The van der Waals surface area contributed by atoms with E-state index in [1.165, 1.54) is 12.1 Å². The van der Waals surface area contributed by atoms with Crippen LogP contribution in [0, 0.1) is 0 Å². The summed E-state index contributed by atoms with van der Waals surface area (Å²) in [6.45, 7) is 0. The molecule has 6 heteroatoms. The Balaban J connectivity index is 1.82. The van der Waals surface area contributed by atoms with Crippen LogP contribution in [0.1, 0.15) is 22.7 Å². The van der Waals surface area contributed by atoms with Gasteiger partial charge in [-0.2, -0.15) is 0 Å². The molecule has 1 aliphatic heterocycles. The van der Waals surface area contributed by atoms with E-state index in [0.29, 0.717) is 27.3 Å². The number of hydrogen-bond donors (Lipinski definition) is 0. The minimum Gasteiger partial charge on any atom is -0.268 e. The second-order valence-corrected chi connectivity index (χ2v) is 10.1. The zero-order valence-electron chi connectivity index (χ0n) is 18.0.